The molecule has 3 rings (SSSR count). The molecule has 0 bridgehead atoms. The lowest BCUT2D eigenvalue weighted by Gasteiger charge is -2.18. The van der Waals surface area contributed by atoms with Crippen LogP contribution >= 0.6 is 11.8 Å². The van der Waals surface area contributed by atoms with Gasteiger partial charge in [-0.3, -0.25) is 9.48 Å². The third kappa shape index (κ3) is 3.96. The molecule has 0 atom stereocenters. The van der Waals surface area contributed by atoms with Gasteiger partial charge in [-0.1, -0.05) is 23.9 Å². The van der Waals surface area contributed by atoms with Crippen LogP contribution in [-0.4, -0.2) is 57.5 Å². The Morgan fingerprint density at radius 2 is 1.88 bits per heavy atom. The van der Waals surface area contributed by atoms with Gasteiger partial charge in [0.25, 0.3) is 0 Å². The van der Waals surface area contributed by atoms with Crippen LogP contribution in [0.5, 0.6) is 0 Å². The van der Waals surface area contributed by atoms with E-state index in [1.165, 1.54) is 18.1 Å². The smallest absolute Gasteiger partial charge is 0.233 e. The van der Waals surface area contributed by atoms with Gasteiger partial charge >= 0.3 is 0 Å². The Morgan fingerprint density at radius 1 is 1.15 bits per heavy atom. The molecule has 1 aromatic carbocycles. The molecule has 0 spiro atoms. The number of hydrogen-bond donors (Lipinski definition) is 0. The Balaban J connectivity index is 1.60. The predicted octanol–water partition coefficient (Wildman–Crippen LogP) is 2.18. The van der Waals surface area contributed by atoms with Crippen LogP contribution in [0.3, 0.4) is 0 Å². The lowest BCUT2D eigenvalue weighted by atomic mass is 10.2. The number of aryl methyl sites for hydroxylation is 1. The summed E-state index contributed by atoms with van der Waals surface area (Å²) in [4.78, 5) is 24.8. The van der Waals surface area contributed by atoms with E-state index in [2.05, 4.69) is 44.2 Å². The molecule has 0 fully saturated rings. The van der Waals surface area contributed by atoms with Crippen LogP contribution in [-0.2, 0) is 18.4 Å². The molecule has 0 aliphatic carbocycles. The van der Waals surface area contributed by atoms with Crippen LogP contribution in [0.2, 0.25) is 0 Å². The molecule has 2 heterocycles. The summed E-state index contributed by atoms with van der Waals surface area (Å²) in [5.41, 5.74) is 3.01. The standard InChI is InChI=1S/C18H22N6OS/c1-22(2)14-7-5-13(6-8-14)10-23(3)16(25)11-26-18-15-9-21-24(4)17(15)19-12-20-18/h5-9,12H,10-11H2,1-4H3. The molecular formula is C18H22N6OS. The molecule has 0 N–H and O–H groups in total. The number of nitrogens with zero attached hydrogens (tertiary/aromatic N) is 6. The Labute approximate surface area is 157 Å². The van der Waals surface area contributed by atoms with Crippen LogP contribution in [0, 0.1) is 0 Å². The zero-order chi connectivity index (χ0) is 18.7. The quantitative estimate of drug-likeness (QED) is 0.489. The van der Waals surface area contributed by atoms with E-state index in [0.29, 0.717) is 12.3 Å². The number of amides is 1. The van der Waals surface area contributed by atoms with Crippen LogP contribution in [0.25, 0.3) is 11.0 Å². The summed E-state index contributed by atoms with van der Waals surface area (Å²) >= 11 is 1.41. The lowest BCUT2D eigenvalue weighted by molar-refractivity contribution is -0.127. The number of rotatable bonds is 6. The van der Waals surface area contributed by atoms with E-state index in [9.17, 15) is 4.79 Å². The van der Waals surface area contributed by atoms with Crippen molar-refractivity contribution in [2.45, 2.75) is 11.6 Å². The van der Waals surface area contributed by atoms with Gasteiger partial charge in [0.15, 0.2) is 5.65 Å². The van der Waals surface area contributed by atoms with E-state index in [4.69, 9.17) is 0 Å². The summed E-state index contributed by atoms with van der Waals surface area (Å²) in [7, 11) is 7.68. The third-order valence-electron chi connectivity index (χ3n) is 4.12. The van der Waals surface area contributed by atoms with E-state index in [0.717, 1.165) is 27.3 Å². The average Bonchev–Trinajstić information content (AvgIpc) is 3.02. The first-order valence-corrected chi connectivity index (χ1v) is 9.20. The maximum absolute atomic E-state index is 12.5. The fraction of sp³-hybridized carbons (Fsp3) is 0.333. The molecule has 0 unspecified atom stereocenters. The number of carbonyl (C=O) groups is 1. The second-order valence-electron chi connectivity index (χ2n) is 6.28. The molecule has 0 aliphatic heterocycles. The van der Waals surface area contributed by atoms with Crippen LogP contribution in [0.4, 0.5) is 5.69 Å². The zero-order valence-electron chi connectivity index (χ0n) is 15.4. The zero-order valence-corrected chi connectivity index (χ0v) is 16.2. The average molecular weight is 370 g/mol. The maximum Gasteiger partial charge on any atom is 0.233 e. The number of anilines is 1. The van der Waals surface area contributed by atoms with Gasteiger partial charge in [-0.2, -0.15) is 5.10 Å². The van der Waals surface area contributed by atoms with Crippen molar-refractivity contribution < 1.29 is 4.79 Å². The summed E-state index contributed by atoms with van der Waals surface area (Å²) in [5.74, 6) is 0.384. The Hall–Kier alpha value is -2.61. The van der Waals surface area contributed by atoms with E-state index in [1.54, 1.807) is 15.8 Å². The highest BCUT2D eigenvalue weighted by molar-refractivity contribution is 8.00. The summed E-state index contributed by atoms with van der Waals surface area (Å²) in [6.45, 7) is 0.583. The number of fused-ring (bicyclic) bond motifs is 1. The van der Waals surface area contributed by atoms with E-state index < -0.39 is 0 Å². The molecule has 1 amide bonds. The number of aromatic nitrogens is 4. The maximum atomic E-state index is 12.5. The molecule has 2 aromatic heterocycles. The van der Waals surface area contributed by atoms with Crippen LogP contribution in [0.15, 0.2) is 41.8 Å². The number of hydrogen-bond acceptors (Lipinski definition) is 6. The normalized spacial score (nSPS) is 10.9. The van der Waals surface area contributed by atoms with Crippen molar-refractivity contribution in [2.75, 3.05) is 31.8 Å². The minimum atomic E-state index is 0.0577. The monoisotopic (exact) mass is 370 g/mol. The molecule has 26 heavy (non-hydrogen) atoms. The SMILES string of the molecule is CN(Cc1ccc(N(C)C)cc1)C(=O)CSc1ncnc2c1cnn2C. The summed E-state index contributed by atoms with van der Waals surface area (Å²) in [6, 6.07) is 8.22. The van der Waals surface area contributed by atoms with E-state index in [1.807, 2.05) is 28.2 Å². The van der Waals surface area contributed by atoms with Crippen molar-refractivity contribution in [3.8, 4) is 0 Å². The summed E-state index contributed by atoms with van der Waals surface area (Å²) < 4.78 is 1.70. The van der Waals surface area contributed by atoms with Gasteiger partial charge < -0.3 is 9.80 Å². The molecule has 0 saturated carbocycles. The van der Waals surface area contributed by atoms with Gasteiger partial charge in [-0.05, 0) is 17.7 Å². The fourth-order valence-corrected chi connectivity index (χ4v) is 3.46. The molecule has 0 aliphatic rings. The highest BCUT2D eigenvalue weighted by Crippen LogP contribution is 2.24. The second kappa shape index (κ2) is 7.74. The molecular weight excluding hydrogens is 348 g/mol. The first kappa shape index (κ1) is 18.2. The minimum Gasteiger partial charge on any atom is -0.378 e. The highest BCUT2D eigenvalue weighted by atomic mass is 32.2. The first-order chi connectivity index (χ1) is 12.5. The molecule has 136 valence electrons. The van der Waals surface area contributed by atoms with Crippen LogP contribution in [0.1, 0.15) is 5.56 Å². The van der Waals surface area contributed by atoms with Crippen molar-refractivity contribution in [1.82, 2.24) is 24.6 Å². The summed E-state index contributed by atoms with van der Waals surface area (Å²) in [6.07, 6.45) is 3.24. The molecule has 7 nitrogen and oxygen atoms in total. The van der Waals surface area contributed by atoms with Gasteiger partial charge in [0.1, 0.15) is 11.4 Å². The van der Waals surface area contributed by atoms with Crippen LogP contribution < -0.4 is 4.90 Å². The Morgan fingerprint density at radius 3 is 2.58 bits per heavy atom. The van der Waals surface area contributed by atoms with Gasteiger partial charge in [-0.15, -0.1) is 0 Å². The Bertz CT molecular complexity index is 906. The topological polar surface area (TPSA) is 67.2 Å². The van der Waals surface area contributed by atoms with E-state index in [-0.39, 0.29) is 5.91 Å². The van der Waals surface area contributed by atoms with Crippen molar-refractivity contribution >= 4 is 34.4 Å². The summed E-state index contributed by atoms with van der Waals surface area (Å²) in [5, 5.41) is 5.84. The van der Waals surface area contributed by atoms with Crippen molar-refractivity contribution in [3.05, 3.63) is 42.4 Å². The molecule has 8 heteroatoms. The van der Waals surface area contributed by atoms with Gasteiger partial charge in [0, 0.05) is 40.4 Å². The number of benzene rings is 1. The lowest BCUT2D eigenvalue weighted by Crippen LogP contribution is -2.27. The highest BCUT2D eigenvalue weighted by Gasteiger charge is 2.13. The van der Waals surface area contributed by atoms with Gasteiger partial charge in [0.2, 0.25) is 5.91 Å². The molecule has 3 aromatic rings. The largest absolute Gasteiger partial charge is 0.378 e. The predicted molar refractivity (Wildman–Crippen MR) is 104 cm³/mol. The Kier molecular flexibility index (Phi) is 5.41. The third-order valence-corrected chi connectivity index (χ3v) is 5.11. The number of thioether (sulfide) groups is 1. The van der Waals surface area contributed by atoms with Crippen molar-refractivity contribution in [3.63, 3.8) is 0 Å². The molecule has 0 radical (unpaired) electrons. The number of carbonyl (C=O) groups excluding carboxylic acids is 1. The van der Waals surface area contributed by atoms with Crippen molar-refractivity contribution in [1.29, 1.82) is 0 Å². The fourth-order valence-electron chi connectivity index (χ4n) is 2.56. The second-order valence-corrected chi connectivity index (χ2v) is 7.25. The van der Waals surface area contributed by atoms with E-state index >= 15 is 0 Å². The molecule has 0 saturated heterocycles. The van der Waals surface area contributed by atoms with Crippen molar-refractivity contribution in [2.24, 2.45) is 7.05 Å². The van der Waals surface area contributed by atoms with Gasteiger partial charge in [-0.25, -0.2) is 9.97 Å². The first-order valence-electron chi connectivity index (χ1n) is 8.21. The minimum absolute atomic E-state index is 0.0577. The van der Waals surface area contributed by atoms with Gasteiger partial charge in [0.05, 0.1) is 17.3 Å².